The van der Waals surface area contributed by atoms with Crippen molar-refractivity contribution in [3.05, 3.63) is 0 Å². The van der Waals surface area contributed by atoms with Crippen LogP contribution in [-0.2, 0) is 4.79 Å². The van der Waals surface area contributed by atoms with Crippen molar-refractivity contribution in [2.45, 2.75) is 12.5 Å². The second-order valence-electron chi connectivity index (χ2n) is 1.70. The maximum absolute atomic E-state index is 10.1. The van der Waals surface area contributed by atoms with E-state index in [2.05, 4.69) is 5.32 Å². The molecule has 3 N–H and O–H groups in total. The van der Waals surface area contributed by atoms with Crippen molar-refractivity contribution in [1.29, 1.82) is 0 Å². The Bertz CT molecular complexity index is 83.7. The van der Waals surface area contributed by atoms with Gasteiger partial charge in [-0.3, -0.25) is 4.79 Å². The molecule has 0 aromatic carbocycles. The van der Waals surface area contributed by atoms with E-state index >= 15 is 0 Å². The van der Waals surface area contributed by atoms with E-state index in [9.17, 15) is 4.79 Å². The molecule has 40 valence electrons. The summed E-state index contributed by atoms with van der Waals surface area (Å²) in [5, 5.41) is 2.63. The average Bonchev–Trinajstić information content (AvgIpc) is 1.58. The molecule has 0 aromatic heterocycles. The summed E-state index contributed by atoms with van der Waals surface area (Å²) in [7, 11) is 0. The highest BCUT2D eigenvalue weighted by Gasteiger charge is 2.22. The highest BCUT2D eigenvalue weighted by Crippen LogP contribution is 1.99. The molecule has 0 unspecified atom stereocenters. The molecule has 1 amide bonds. The number of hydrogen-bond acceptors (Lipinski definition) is 2. The van der Waals surface area contributed by atoms with Crippen molar-refractivity contribution in [3.8, 4) is 0 Å². The van der Waals surface area contributed by atoms with Gasteiger partial charge in [-0.15, -0.1) is 0 Å². The molecule has 3 heteroatoms. The summed E-state index contributed by atoms with van der Waals surface area (Å²) in [6.45, 7) is 0.575. The molecule has 0 aromatic rings. The van der Waals surface area contributed by atoms with Crippen LogP contribution in [0.5, 0.6) is 0 Å². The molecule has 0 saturated carbocycles. The minimum atomic E-state index is 0.121. The molecule has 1 saturated heterocycles. The molecule has 0 bridgehead atoms. The van der Waals surface area contributed by atoms with Gasteiger partial charge in [0.1, 0.15) is 0 Å². The second kappa shape index (κ2) is 1.50. The Labute approximate surface area is 41.9 Å². The van der Waals surface area contributed by atoms with E-state index in [0.29, 0.717) is 13.0 Å². The molecule has 1 aliphatic rings. The summed E-state index contributed by atoms with van der Waals surface area (Å²) in [6.07, 6.45) is 0.622. The first kappa shape index (κ1) is 4.59. The monoisotopic (exact) mass is 100 g/mol. The Morgan fingerprint density at radius 2 is 2.57 bits per heavy atom. The normalized spacial score (nSPS) is 28.7. The molecule has 1 aliphatic heterocycles. The summed E-state index contributed by atoms with van der Waals surface area (Å²) in [5.41, 5.74) is 5.18. The number of hydrogen-bond donors (Lipinski definition) is 2. The summed E-state index contributed by atoms with van der Waals surface area (Å²) < 4.78 is 0. The van der Waals surface area contributed by atoms with Crippen molar-refractivity contribution in [2.24, 2.45) is 5.73 Å². The molecule has 7 heavy (non-hydrogen) atoms. The van der Waals surface area contributed by atoms with E-state index < -0.39 is 0 Å². The van der Waals surface area contributed by atoms with Crippen LogP contribution in [0.1, 0.15) is 6.42 Å². The van der Waals surface area contributed by atoms with Crippen molar-refractivity contribution in [1.82, 2.24) is 5.32 Å². The van der Waals surface area contributed by atoms with E-state index in [-0.39, 0.29) is 11.9 Å². The molecule has 0 aliphatic carbocycles. The smallest absolute Gasteiger partial charge is 0.222 e. The van der Waals surface area contributed by atoms with Crippen LogP contribution in [0, 0.1) is 0 Å². The van der Waals surface area contributed by atoms with Gasteiger partial charge in [0, 0.05) is 19.0 Å². The number of nitrogens with two attached hydrogens (primary N) is 1. The fraction of sp³-hybridized carbons (Fsp3) is 0.750. The predicted molar refractivity (Wildman–Crippen MR) is 25.6 cm³/mol. The van der Waals surface area contributed by atoms with Crippen LogP contribution in [0.4, 0.5) is 0 Å². The lowest BCUT2D eigenvalue weighted by Crippen LogP contribution is -2.52. The lowest BCUT2D eigenvalue weighted by molar-refractivity contribution is -0.127. The topological polar surface area (TPSA) is 55.1 Å². The lowest BCUT2D eigenvalue weighted by Gasteiger charge is -2.24. The van der Waals surface area contributed by atoms with Gasteiger partial charge in [0.05, 0.1) is 0 Å². The number of amides is 1. The molecular weight excluding hydrogens is 92.1 g/mol. The fourth-order valence-electron chi connectivity index (χ4n) is 0.573. The van der Waals surface area contributed by atoms with Gasteiger partial charge in [0.25, 0.3) is 0 Å². The van der Waals surface area contributed by atoms with E-state index in [0.717, 1.165) is 0 Å². The van der Waals surface area contributed by atoms with Gasteiger partial charge in [-0.05, 0) is 0 Å². The Hall–Kier alpha value is -0.570. The molecule has 0 spiro atoms. The molecule has 1 fully saturated rings. The number of carbonyl (C=O) groups is 1. The molecule has 1 heterocycles. The van der Waals surface area contributed by atoms with Crippen LogP contribution in [0.25, 0.3) is 0 Å². The Kier molecular flexibility index (Phi) is 0.982. The van der Waals surface area contributed by atoms with E-state index in [1.165, 1.54) is 0 Å². The molecule has 0 radical (unpaired) electrons. The lowest BCUT2D eigenvalue weighted by atomic mass is 10.1. The standard InChI is InChI=1S/C4H8N2O/c5-2-3-1-4(7)6-3/h3H,1-2,5H2,(H,6,7)/t3-/m0/s1. The number of carbonyl (C=O) groups excluding carboxylic acids is 1. The first-order chi connectivity index (χ1) is 3.33. The molecule has 1 rings (SSSR count). The van der Waals surface area contributed by atoms with Gasteiger partial charge in [-0.1, -0.05) is 0 Å². The van der Waals surface area contributed by atoms with Crippen LogP contribution in [-0.4, -0.2) is 18.5 Å². The minimum absolute atomic E-state index is 0.121. The quantitative estimate of drug-likeness (QED) is 0.408. The summed E-state index contributed by atoms with van der Waals surface area (Å²) in [5.74, 6) is 0.121. The summed E-state index contributed by atoms with van der Waals surface area (Å²) >= 11 is 0. The van der Waals surface area contributed by atoms with Crippen LogP contribution in [0.15, 0.2) is 0 Å². The number of β-lactam (4-membered cyclic amide) rings is 1. The van der Waals surface area contributed by atoms with E-state index in [1.54, 1.807) is 0 Å². The SMILES string of the molecule is NC[C@@H]1CC(=O)N1. The van der Waals surface area contributed by atoms with Gasteiger partial charge in [-0.2, -0.15) is 0 Å². The molecule has 1 atom stereocenters. The Balaban J connectivity index is 2.17. The third-order valence-corrected chi connectivity index (χ3v) is 1.08. The van der Waals surface area contributed by atoms with Crippen LogP contribution >= 0.6 is 0 Å². The van der Waals surface area contributed by atoms with E-state index in [1.807, 2.05) is 0 Å². The number of nitrogens with one attached hydrogen (secondary N) is 1. The summed E-state index contributed by atoms with van der Waals surface area (Å²) in [6, 6.07) is 0.271. The first-order valence-corrected chi connectivity index (χ1v) is 2.32. The zero-order valence-electron chi connectivity index (χ0n) is 3.98. The fourth-order valence-corrected chi connectivity index (χ4v) is 0.573. The van der Waals surface area contributed by atoms with Crippen molar-refractivity contribution in [2.75, 3.05) is 6.54 Å². The highest BCUT2D eigenvalue weighted by molar-refractivity contribution is 5.82. The largest absolute Gasteiger partial charge is 0.352 e. The average molecular weight is 100 g/mol. The van der Waals surface area contributed by atoms with E-state index in [4.69, 9.17) is 5.73 Å². The van der Waals surface area contributed by atoms with Gasteiger partial charge >= 0.3 is 0 Å². The zero-order valence-corrected chi connectivity index (χ0v) is 3.98. The second-order valence-corrected chi connectivity index (χ2v) is 1.70. The maximum Gasteiger partial charge on any atom is 0.222 e. The van der Waals surface area contributed by atoms with Gasteiger partial charge in [0.2, 0.25) is 5.91 Å². The zero-order chi connectivity index (χ0) is 5.28. The third-order valence-electron chi connectivity index (χ3n) is 1.08. The minimum Gasteiger partial charge on any atom is -0.352 e. The van der Waals surface area contributed by atoms with Gasteiger partial charge in [-0.25, -0.2) is 0 Å². The van der Waals surface area contributed by atoms with Gasteiger partial charge in [0.15, 0.2) is 0 Å². The maximum atomic E-state index is 10.1. The molecular formula is C4H8N2O. The molecule has 3 nitrogen and oxygen atoms in total. The number of rotatable bonds is 1. The highest BCUT2D eigenvalue weighted by atomic mass is 16.2. The first-order valence-electron chi connectivity index (χ1n) is 2.32. The predicted octanol–water partition coefficient (Wildman–Crippen LogP) is -1.17. The third kappa shape index (κ3) is 0.718. The van der Waals surface area contributed by atoms with Crippen LogP contribution in [0.3, 0.4) is 0 Å². The van der Waals surface area contributed by atoms with Crippen molar-refractivity contribution < 1.29 is 4.79 Å². The van der Waals surface area contributed by atoms with Crippen LogP contribution in [0.2, 0.25) is 0 Å². The summed E-state index contributed by atoms with van der Waals surface area (Å²) in [4.78, 5) is 10.1. The Morgan fingerprint density at radius 3 is 2.71 bits per heavy atom. The van der Waals surface area contributed by atoms with Gasteiger partial charge < -0.3 is 11.1 Å². The van der Waals surface area contributed by atoms with Crippen molar-refractivity contribution >= 4 is 5.91 Å². The van der Waals surface area contributed by atoms with Crippen molar-refractivity contribution in [3.63, 3.8) is 0 Å². The van der Waals surface area contributed by atoms with Crippen LogP contribution < -0.4 is 11.1 Å². The Morgan fingerprint density at radius 1 is 2.00 bits per heavy atom.